The van der Waals surface area contributed by atoms with Crippen molar-refractivity contribution >= 4 is 5.91 Å². The molecule has 2 saturated heterocycles. The van der Waals surface area contributed by atoms with Crippen molar-refractivity contribution in [2.24, 2.45) is 0 Å². The van der Waals surface area contributed by atoms with Crippen LogP contribution in [0.1, 0.15) is 19.8 Å². The van der Waals surface area contributed by atoms with Crippen molar-refractivity contribution in [3.05, 3.63) is 0 Å². The molecule has 0 aromatic carbocycles. The molecule has 0 aromatic heterocycles. The molecule has 1 amide bonds. The van der Waals surface area contributed by atoms with Gasteiger partial charge in [0.25, 0.3) is 0 Å². The van der Waals surface area contributed by atoms with Crippen LogP contribution in [-0.4, -0.2) is 62.3 Å². The van der Waals surface area contributed by atoms with E-state index in [9.17, 15) is 4.79 Å². The van der Waals surface area contributed by atoms with Crippen LogP contribution in [-0.2, 0) is 9.53 Å². The first-order valence-electron chi connectivity index (χ1n) is 6.62. The van der Waals surface area contributed by atoms with E-state index in [0.717, 1.165) is 19.7 Å². The van der Waals surface area contributed by atoms with E-state index in [1.807, 2.05) is 6.92 Å². The van der Waals surface area contributed by atoms with E-state index in [0.29, 0.717) is 19.1 Å². The van der Waals surface area contributed by atoms with E-state index in [-0.39, 0.29) is 12.0 Å². The molecule has 0 bridgehead atoms. The summed E-state index contributed by atoms with van der Waals surface area (Å²) in [4.78, 5) is 13.9. The summed E-state index contributed by atoms with van der Waals surface area (Å²) < 4.78 is 5.77. The lowest BCUT2D eigenvalue weighted by atomic mass is 10.2. The molecule has 0 aliphatic carbocycles. The molecule has 5 heteroatoms. The molecule has 2 N–H and O–H groups in total. The first kappa shape index (κ1) is 12.8. The molecule has 0 spiro atoms. The summed E-state index contributed by atoms with van der Waals surface area (Å²) in [6.45, 7) is 6.83. The number of morpholine rings is 1. The van der Waals surface area contributed by atoms with Gasteiger partial charge in [-0.15, -0.1) is 0 Å². The molecule has 0 saturated carbocycles. The minimum atomic E-state index is 0.0546. The molecule has 0 radical (unpaired) electrons. The second-order valence-electron chi connectivity index (χ2n) is 4.83. The number of hydrogen-bond donors (Lipinski definition) is 2. The molecule has 2 aliphatic rings. The van der Waals surface area contributed by atoms with Crippen LogP contribution in [0.5, 0.6) is 0 Å². The van der Waals surface area contributed by atoms with Gasteiger partial charge in [0, 0.05) is 19.1 Å². The Morgan fingerprint density at radius 2 is 2.41 bits per heavy atom. The van der Waals surface area contributed by atoms with Crippen LogP contribution >= 0.6 is 0 Å². The zero-order chi connectivity index (χ0) is 12.1. The van der Waals surface area contributed by atoms with Gasteiger partial charge in [-0.1, -0.05) is 6.92 Å². The van der Waals surface area contributed by atoms with Crippen LogP contribution in [0.25, 0.3) is 0 Å². The summed E-state index contributed by atoms with van der Waals surface area (Å²) in [7, 11) is 0. The van der Waals surface area contributed by atoms with Gasteiger partial charge in [0.2, 0.25) is 5.91 Å². The van der Waals surface area contributed by atoms with Crippen molar-refractivity contribution in [3.63, 3.8) is 0 Å². The Kier molecular flexibility index (Phi) is 4.76. The lowest BCUT2D eigenvalue weighted by molar-refractivity contribution is -0.121. The number of nitrogens with zero attached hydrogens (tertiary/aromatic N) is 1. The summed E-state index contributed by atoms with van der Waals surface area (Å²) in [5, 5.41) is 5.92. The highest BCUT2D eigenvalue weighted by Crippen LogP contribution is 2.22. The summed E-state index contributed by atoms with van der Waals surface area (Å²) in [5.74, 6) is 0.0546. The Balaban J connectivity index is 1.64. The number of hydrogen-bond acceptors (Lipinski definition) is 4. The lowest BCUT2D eigenvalue weighted by Gasteiger charge is -2.35. The fourth-order valence-electron chi connectivity index (χ4n) is 2.54. The summed E-state index contributed by atoms with van der Waals surface area (Å²) in [6, 6.07) is 0.628. The van der Waals surface area contributed by atoms with Gasteiger partial charge in [0.1, 0.15) is 0 Å². The third kappa shape index (κ3) is 3.66. The highest BCUT2D eigenvalue weighted by Gasteiger charge is 2.32. The van der Waals surface area contributed by atoms with Crippen LogP contribution in [0.4, 0.5) is 0 Å². The fourth-order valence-corrected chi connectivity index (χ4v) is 2.54. The maximum absolute atomic E-state index is 11.4. The molecule has 98 valence electrons. The van der Waals surface area contributed by atoms with Crippen LogP contribution in [0.2, 0.25) is 0 Å². The van der Waals surface area contributed by atoms with Crippen molar-refractivity contribution in [1.29, 1.82) is 0 Å². The molecule has 2 unspecified atom stereocenters. The van der Waals surface area contributed by atoms with Crippen LogP contribution in [0.15, 0.2) is 0 Å². The van der Waals surface area contributed by atoms with E-state index in [4.69, 9.17) is 4.74 Å². The second kappa shape index (κ2) is 6.33. The van der Waals surface area contributed by atoms with Crippen molar-refractivity contribution in [2.45, 2.75) is 31.9 Å². The molecule has 2 rings (SSSR count). The lowest BCUT2D eigenvalue weighted by Crippen LogP contribution is -2.50. The van der Waals surface area contributed by atoms with Gasteiger partial charge in [0.15, 0.2) is 0 Å². The summed E-state index contributed by atoms with van der Waals surface area (Å²) >= 11 is 0. The Morgan fingerprint density at radius 3 is 3.24 bits per heavy atom. The van der Waals surface area contributed by atoms with E-state index >= 15 is 0 Å². The molecule has 5 nitrogen and oxygen atoms in total. The minimum absolute atomic E-state index is 0.0546. The monoisotopic (exact) mass is 241 g/mol. The highest BCUT2D eigenvalue weighted by molar-refractivity contribution is 5.77. The normalized spacial score (nSPS) is 29.0. The predicted octanol–water partition coefficient (Wildman–Crippen LogP) is -0.425. The van der Waals surface area contributed by atoms with Gasteiger partial charge >= 0.3 is 0 Å². The SMILES string of the molecule is CCNCC(=O)NCC1CN2CCCC2CO1. The second-order valence-corrected chi connectivity index (χ2v) is 4.83. The molecule has 0 aromatic rings. The summed E-state index contributed by atoms with van der Waals surface area (Å²) in [6.07, 6.45) is 2.71. The predicted molar refractivity (Wildman–Crippen MR) is 65.9 cm³/mol. The zero-order valence-electron chi connectivity index (χ0n) is 10.6. The average molecular weight is 241 g/mol. The van der Waals surface area contributed by atoms with E-state index in [1.165, 1.54) is 19.4 Å². The Labute approximate surface area is 103 Å². The number of likely N-dealkylation sites (N-methyl/N-ethyl adjacent to an activating group) is 1. The Hall–Kier alpha value is -0.650. The number of carbonyl (C=O) groups excluding carboxylic acids is 1. The van der Waals surface area contributed by atoms with Gasteiger partial charge < -0.3 is 15.4 Å². The minimum Gasteiger partial charge on any atom is -0.373 e. The fraction of sp³-hybridized carbons (Fsp3) is 0.917. The van der Waals surface area contributed by atoms with Crippen molar-refractivity contribution in [2.75, 3.05) is 39.3 Å². The number of carbonyl (C=O) groups is 1. The first-order chi connectivity index (χ1) is 8.29. The molecular weight excluding hydrogens is 218 g/mol. The van der Waals surface area contributed by atoms with E-state index in [1.54, 1.807) is 0 Å². The quantitative estimate of drug-likeness (QED) is 0.686. The van der Waals surface area contributed by atoms with Crippen molar-refractivity contribution in [3.8, 4) is 0 Å². The Morgan fingerprint density at radius 1 is 1.53 bits per heavy atom. The molecule has 2 aliphatic heterocycles. The third-order valence-corrected chi connectivity index (χ3v) is 3.52. The topological polar surface area (TPSA) is 53.6 Å². The maximum Gasteiger partial charge on any atom is 0.234 e. The number of nitrogens with one attached hydrogen (secondary N) is 2. The number of ether oxygens (including phenoxy) is 1. The van der Waals surface area contributed by atoms with Crippen molar-refractivity contribution in [1.82, 2.24) is 15.5 Å². The van der Waals surface area contributed by atoms with Gasteiger partial charge in [-0.05, 0) is 25.9 Å². The first-order valence-corrected chi connectivity index (χ1v) is 6.62. The van der Waals surface area contributed by atoms with Crippen LogP contribution in [0, 0.1) is 0 Å². The number of rotatable bonds is 5. The average Bonchev–Trinajstić information content (AvgIpc) is 2.81. The molecular formula is C12H23N3O2. The largest absolute Gasteiger partial charge is 0.373 e. The van der Waals surface area contributed by atoms with Crippen LogP contribution < -0.4 is 10.6 Å². The zero-order valence-corrected chi connectivity index (χ0v) is 10.6. The third-order valence-electron chi connectivity index (χ3n) is 3.52. The maximum atomic E-state index is 11.4. The van der Waals surface area contributed by atoms with E-state index in [2.05, 4.69) is 15.5 Å². The highest BCUT2D eigenvalue weighted by atomic mass is 16.5. The van der Waals surface area contributed by atoms with Gasteiger partial charge in [-0.2, -0.15) is 0 Å². The molecule has 2 atom stereocenters. The summed E-state index contributed by atoms with van der Waals surface area (Å²) in [5.41, 5.74) is 0. The standard InChI is InChI=1S/C12H23N3O2/c1-2-13-7-12(16)14-6-11-8-15-5-3-4-10(15)9-17-11/h10-11,13H,2-9H2,1H3,(H,14,16). The smallest absolute Gasteiger partial charge is 0.234 e. The molecule has 17 heavy (non-hydrogen) atoms. The van der Waals surface area contributed by atoms with E-state index < -0.39 is 0 Å². The Bertz CT molecular complexity index is 260. The molecule has 2 fully saturated rings. The van der Waals surface area contributed by atoms with Crippen LogP contribution in [0.3, 0.4) is 0 Å². The van der Waals surface area contributed by atoms with Gasteiger partial charge in [-0.3, -0.25) is 9.69 Å². The van der Waals surface area contributed by atoms with Gasteiger partial charge in [0.05, 0.1) is 19.3 Å². The number of amides is 1. The van der Waals surface area contributed by atoms with Gasteiger partial charge in [-0.25, -0.2) is 0 Å². The molecule has 2 heterocycles. The number of fused-ring (bicyclic) bond motifs is 1. The van der Waals surface area contributed by atoms with Crippen molar-refractivity contribution < 1.29 is 9.53 Å².